The first-order valence-electron chi connectivity index (χ1n) is 5.46. The van der Waals surface area contributed by atoms with Gasteiger partial charge in [-0.25, -0.2) is 0 Å². The number of alkyl halides is 1. The van der Waals surface area contributed by atoms with Gasteiger partial charge in [0.05, 0.1) is 12.7 Å². The van der Waals surface area contributed by atoms with Gasteiger partial charge in [-0.05, 0) is 33.6 Å². The Kier molecular flexibility index (Phi) is 7.61. The molecule has 0 spiro atoms. The van der Waals surface area contributed by atoms with Gasteiger partial charge in [0, 0.05) is 18.0 Å². The number of ether oxygens (including phenoxy) is 1. The van der Waals surface area contributed by atoms with E-state index in [0.29, 0.717) is 12.0 Å². The second-order valence-electron chi connectivity index (χ2n) is 4.20. The molecular weight excluding hydrogens is 198 g/mol. The van der Waals surface area contributed by atoms with Crippen LogP contribution in [0.4, 0.5) is 0 Å². The molecule has 0 amide bonds. The Hall–Kier alpha value is 0.210. The Morgan fingerprint density at radius 1 is 1.43 bits per heavy atom. The minimum absolute atomic E-state index is 0.169. The van der Waals surface area contributed by atoms with E-state index < -0.39 is 0 Å². The van der Waals surface area contributed by atoms with Crippen LogP contribution < -0.4 is 5.32 Å². The predicted molar refractivity (Wildman–Crippen MR) is 63.1 cm³/mol. The Labute approximate surface area is 93.4 Å². The summed E-state index contributed by atoms with van der Waals surface area (Å²) in [6.07, 6.45) is 2.42. The predicted octanol–water partition coefficient (Wildman–Crippen LogP) is 2.80. The zero-order valence-corrected chi connectivity index (χ0v) is 10.7. The van der Waals surface area contributed by atoms with Crippen LogP contribution in [0, 0.1) is 0 Å². The summed E-state index contributed by atoms with van der Waals surface area (Å²) >= 11 is 5.76. The summed E-state index contributed by atoms with van der Waals surface area (Å²) in [5.41, 5.74) is 0.169. The topological polar surface area (TPSA) is 21.3 Å². The maximum absolute atomic E-state index is 5.76. The van der Waals surface area contributed by atoms with E-state index in [9.17, 15) is 0 Å². The van der Waals surface area contributed by atoms with Crippen LogP contribution in [0.1, 0.15) is 40.5 Å². The third-order valence-electron chi connectivity index (χ3n) is 2.53. The molecule has 2 nitrogen and oxygen atoms in total. The molecule has 86 valence electrons. The molecule has 0 radical (unpaired) electrons. The molecule has 0 fully saturated rings. The third-order valence-corrected chi connectivity index (χ3v) is 2.72. The number of halogens is 1. The highest BCUT2D eigenvalue weighted by molar-refractivity contribution is 6.17. The van der Waals surface area contributed by atoms with Crippen LogP contribution in [-0.4, -0.2) is 30.7 Å². The number of hydrogen-bond donors (Lipinski definition) is 1. The number of nitrogens with one attached hydrogen (secondary N) is 1. The summed E-state index contributed by atoms with van der Waals surface area (Å²) in [5.74, 6) is 0.711. The monoisotopic (exact) mass is 221 g/mol. The Balaban J connectivity index is 3.61. The molecule has 0 aromatic rings. The van der Waals surface area contributed by atoms with Crippen molar-refractivity contribution in [3.63, 3.8) is 0 Å². The average Bonchev–Trinajstić information content (AvgIpc) is 2.13. The van der Waals surface area contributed by atoms with Gasteiger partial charge >= 0.3 is 0 Å². The molecule has 0 heterocycles. The molecule has 14 heavy (non-hydrogen) atoms. The van der Waals surface area contributed by atoms with E-state index in [1.54, 1.807) is 0 Å². The van der Waals surface area contributed by atoms with Crippen molar-refractivity contribution in [2.45, 2.75) is 52.2 Å². The maximum atomic E-state index is 5.76. The first kappa shape index (κ1) is 14.2. The van der Waals surface area contributed by atoms with Gasteiger partial charge in [-0.2, -0.15) is 0 Å². The fourth-order valence-corrected chi connectivity index (χ4v) is 1.66. The summed E-state index contributed by atoms with van der Waals surface area (Å²) in [5, 5.41) is 3.49. The summed E-state index contributed by atoms with van der Waals surface area (Å²) in [6, 6.07) is 0. The summed E-state index contributed by atoms with van der Waals surface area (Å²) in [6.45, 7) is 10.2. The molecule has 0 saturated carbocycles. The highest BCUT2D eigenvalue weighted by Crippen LogP contribution is 2.14. The van der Waals surface area contributed by atoms with Crippen LogP contribution in [0.2, 0.25) is 0 Å². The van der Waals surface area contributed by atoms with Crippen LogP contribution in [-0.2, 0) is 4.74 Å². The van der Waals surface area contributed by atoms with Crippen molar-refractivity contribution in [1.29, 1.82) is 0 Å². The van der Waals surface area contributed by atoms with Crippen LogP contribution in [0.3, 0.4) is 0 Å². The van der Waals surface area contributed by atoms with Gasteiger partial charge in [0.2, 0.25) is 0 Å². The highest BCUT2D eigenvalue weighted by atomic mass is 35.5. The maximum Gasteiger partial charge on any atom is 0.0594 e. The molecule has 0 saturated heterocycles. The van der Waals surface area contributed by atoms with Crippen molar-refractivity contribution >= 4 is 11.6 Å². The van der Waals surface area contributed by atoms with Gasteiger partial charge in [0.25, 0.3) is 0 Å². The largest absolute Gasteiger partial charge is 0.377 e. The lowest BCUT2D eigenvalue weighted by Crippen LogP contribution is -2.43. The quantitative estimate of drug-likeness (QED) is 0.503. The summed E-state index contributed by atoms with van der Waals surface area (Å²) in [4.78, 5) is 0. The molecule has 0 bridgehead atoms. The lowest BCUT2D eigenvalue weighted by Gasteiger charge is -2.29. The van der Waals surface area contributed by atoms with E-state index in [2.05, 4.69) is 33.0 Å². The van der Waals surface area contributed by atoms with Gasteiger partial charge in [-0.15, -0.1) is 11.6 Å². The SMILES string of the molecule is CCC(C)(CCCl)NCCOC(C)C. The number of hydrogen-bond acceptors (Lipinski definition) is 2. The van der Waals surface area contributed by atoms with Crippen molar-refractivity contribution < 1.29 is 4.74 Å². The van der Waals surface area contributed by atoms with Gasteiger partial charge in [0.15, 0.2) is 0 Å². The molecular formula is C11H24ClNO. The Bertz CT molecular complexity index is 141. The normalized spacial score (nSPS) is 15.9. The standard InChI is InChI=1S/C11H24ClNO/c1-5-11(4,6-7-12)13-8-9-14-10(2)3/h10,13H,5-9H2,1-4H3. The molecule has 0 aliphatic rings. The van der Waals surface area contributed by atoms with E-state index >= 15 is 0 Å². The van der Waals surface area contributed by atoms with Gasteiger partial charge in [-0.1, -0.05) is 6.92 Å². The molecule has 1 unspecified atom stereocenters. The lowest BCUT2D eigenvalue weighted by atomic mass is 9.95. The van der Waals surface area contributed by atoms with Crippen LogP contribution in [0.5, 0.6) is 0 Å². The van der Waals surface area contributed by atoms with E-state index in [4.69, 9.17) is 16.3 Å². The zero-order chi connectivity index (χ0) is 11.0. The lowest BCUT2D eigenvalue weighted by molar-refractivity contribution is 0.0759. The second-order valence-corrected chi connectivity index (χ2v) is 4.58. The van der Waals surface area contributed by atoms with Crippen LogP contribution in [0.25, 0.3) is 0 Å². The Morgan fingerprint density at radius 3 is 2.50 bits per heavy atom. The highest BCUT2D eigenvalue weighted by Gasteiger charge is 2.19. The van der Waals surface area contributed by atoms with Gasteiger partial charge in [0.1, 0.15) is 0 Å². The van der Waals surface area contributed by atoms with Crippen LogP contribution >= 0.6 is 11.6 Å². The molecule has 1 N–H and O–H groups in total. The molecule has 3 heteroatoms. The van der Waals surface area contributed by atoms with Crippen molar-refractivity contribution in [3.8, 4) is 0 Å². The fraction of sp³-hybridized carbons (Fsp3) is 1.00. The molecule has 1 atom stereocenters. The first-order chi connectivity index (χ1) is 6.54. The van der Waals surface area contributed by atoms with Crippen LogP contribution in [0.15, 0.2) is 0 Å². The Morgan fingerprint density at radius 2 is 2.07 bits per heavy atom. The third kappa shape index (κ3) is 6.63. The van der Waals surface area contributed by atoms with E-state index in [1.807, 2.05) is 0 Å². The molecule has 0 aliphatic heterocycles. The minimum atomic E-state index is 0.169. The molecule has 0 rings (SSSR count). The molecule has 0 aromatic carbocycles. The molecule has 0 aliphatic carbocycles. The van der Waals surface area contributed by atoms with E-state index in [1.165, 1.54) is 0 Å². The first-order valence-corrected chi connectivity index (χ1v) is 6.00. The number of rotatable bonds is 8. The fourth-order valence-electron chi connectivity index (χ4n) is 1.25. The second kappa shape index (κ2) is 7.49. The van der Waals surface area contributed by atoms with Gasteiger partial charge in [-0.3, -0.25) is 0 Å². The average molecular weight is 222 g/mol. The minimum Gasteiger partial charge on any atom is -0.377 e. The zero-order valence-electron chi connectivity index (χ0n) is 9.90. The smallest absolute Gasteiger partial charge is 0.0594 e. The van der Waals surface area contributed by atoms with Crippen molar-refractivity contribution in [3.05, 3.63) is 0 Å². The van der Waals surface area contributed by atoms with Crippen molar-refractivity contribution in [1.82, 2.24) is 5.32 Å². The summed E-state index contributed by atoms with van der Waals surface area (Å²) < 4.78 is 5.46. The van der Waals surface area contributed by atoms with E-state index in [-0.39, 0.29) is 5.54 Å². The summed E-state index contributed by atoms with van der Waals surface area (Å²) in [7, 11) is 0. The van der Waals surface area contributed by atoms with Crippen molar-refractivity contribution in [2.24, 2.45) is 0 Å². The van der Waals surface area contributed by atoms with Crippen molar-refractivity contribution in [2.75, 3.05) is 19.0 Å². The van der Waals surface area contributed by atoms with E-state index in [0.717, 1.165) is 26.0 Å². The molecule has 0 aromatic heterocycles. The van der Waals surface area contributed by atoms with Gasteiger partial charge < -0.3 is 10.1 Å².